The first-order chi connectivity index (χ1) is 9.09. The SMILES string of the molecule is C[C@H](NC(=O)c1cccc(N)c1Br)c1ccccc1. The molecule has 2 rings (SSSR count). The van der Waals surface area contributed by atoms with E-state index in [2.05, 4.69) is 21.2 Å². The Morgan fingerprint density at radius 3 is 2.53 bits per heavy atom. The summed E-state index contributed by atoms with van der Waals surface area (Å²) >= 11 is 3.34. The van der Waals surface area contributed by atoms with Crippen molar-refractivity contribution in [3.8, 4) is 0 Å². The fourth-order valence-corrected chi connectivity index (χ4v) is 2.27. The number of carbonyl (C=O) groups excluding carboxylic acids is 1. The zero-order valence-corrected chi connectivity index (χ0v) is 12.1. The highest BCUT2D eigenvalue weighted by Crippen LogP contribution is 2.24. The van der Waals surface area contributed by atoms with Gasteiger partial charge < -0.3 is 11.1 Å². The number of halogens is 1. The third kappa shape index (κ3) is 3.15. The molecule has 0 aliphatic rings. The maximum absolute atomic E-state index is 12.2. The number of anilines is 1. The molecule has 2 aromatic carbocycles. The molecule has 0 heterocycles. The fourth-order valence-electron chi connectivity index (χ4n) is 1.82. The quantitative estimate of drug-likeness (QED) is 0.851. The molecule has 0 bridgehead atoms. The fraction of sp³-hybridized carbons (Fsp3) is 0.133. The summed E-state index contributed by atoms with van der Waals surface area (Å²) < 4.78 is 0.632. The second kappa shape index (κ2) is 5.89. The van der Waals surface area contributed by atoms with Gasteiger partial charge in [-0.2, -0.15) is 0 Å². The molecule has 0 saturated heterocycles. The minimum Gasteiger partial charge on any atom is -0.398 e. The molecular weight excluding hydrogens is 304 g/mol. The summed E-state index contributed by atoms with van der Waals surface area (Å²) in [5.74, 6) is -0.143. The summed E-state index contributed by atoms with van der Waals surface area (Å²) in [5, 5.41) is 2.96. The molecule has 98 valence electrons. The van der Waals surface area contributed by atoms with Gasteiger partial charge in [-0.05, 0) is 40.5 Å². The van der Waals surface area contributed by atoms with Crippen molar-refractivity contribution in [1.82, 2.24) is 5.32 Å². The number of amides is 1. The van der Waals surface area contributed by atoms with Crippen molar-refractivity contribution in [3.63, 3.8) is 0 Å². The van der Waals surface area contributed by atoms with Crippen LogP contribution in [-0.4, -0.2) is 5.91 Å². The zero-order chi connectivity index (χ0) is 13.8. The van der Waals surface area contributed by atoms with Crippen LogP contribution in [0.3, 0.4) is 0 Å². The van der Waals surface area contributed by atoms with Crippen molar-refractivity contribution in [2.45, 2.75) is 13.0 Å². The van der Waals surface area contributed by atoms with Crippen LogP contribution >= 0.6 is 15.9 Å². The lowest BCUT2D eigenvalue weighted by molar-refractivity contribution is 0.0939. The zero-order valence-electron chi connectivity index (χ0n) is 10.6. The van der Waals surface area contributed by atoms with Gasteiger partial charge in [0.2, 0.25) is 0 Å². The molecule has 0 fully saturated rings. The Kier molecular flexibility index (Phi) is 4.22. The number of rotatable bonds is 3. The van der Waals surface area contributed by atoms with E-state index in [0.717, 1.165) is 5.56 Å². The van der Waals surface area contributed by atoms with Crippen LogP contribution in [0.25, 0.3) is 0 Å². The second-order valence-electron chi connectivity index (χ2n) is 4.31. The van der Waals surface area contributed by atoms with E-state index in [9.17, 15) is 4.79 Å². The van der Waals surface area contributed by atoms with Crippen LogP contribution in [0.2, 0.25) is 0 Å². The second-order valence-corrected chi connectivity index (χ2v) is 5.11. The molecule has 1 amide bonds. The summed E-state index contributed by atoms with van der Waals surface area (Å²) in [6.45, 7) is 1.95. The largest absolute Gasteiger partial charge is 0.398 e. The predicted octanol–water partition coefficient (Wildman–Crippen LogP) is 3.52. The number of carbonyl (C=O) groups is 1. The van der Waals surface area contributed by atoms with Gasteiger partial charge in [-0.25, -0.2) is 0 Å². The summed E-state index contributed by atoms with van der Waals surface area (Å²) in [7, 11) is 0. The number of hydrogen-bond donors (Lipinski definition) is 2. The van der Waals surface area contributed by atoms with E-state index >= 15 is 0 Å². The Morgan fingerprint density at radius 2 is 1.84 bits per heavy atom. The van der Waals surface area contributed by atoms with E-state index in [0.29, 0.717) is 15.7 Å². The lowest BCUT2D eigenvalue weighted by Crippen LogP contribution is -2.27. The maximum atomic E-state index is 12.2. The molecule has 0 saturated carbocycles. The average Bonchev–Trinajstić information content (AvgIpc) is 2.42. The van der Waals surface area contributed by atoms with E-state index in [-0.39, 0.29) is 11.9 Å². The first-order valence-corrected chi connectivity index (χ1v) is 6.78. The summed E-state index contributed by atoms with van der Waals surface area (Å²) in [4.78, 5) is 12.2. The van der Waals surface area contributed by atoms with Gasteiger partial charge in [0.1, 0.15) is 0 Å². The molecule has 0 radical (unpaired) electrons. The molecule has 3 N–H and O–H groups in total. The molecule has 2 aromatic rings. The molecule has 1 atom stereocenters. The molecule has 19 heavy (non-hydrogen) atoms. The van der Waals surface area contributed by atoms with E-state index in [4.69, 9.17) is 5.73 Å². The monoisotopic (exact) mass is 318 g/mol. The van der Waals surface area contributed by atoms with Gasteiger partial charge in [0.15, 0.2) is 0 Å². The first kappa shape index (κ1) is 13.6. The molecule has 0 unspecified atom stereocenters. The Morgan fingerprint density at radius 1 is 1.16 bits per heavy atom. The van der Waals surface area contributed by atoms with Crippen LogP contribution < -0.4 is 11.1 Å². The summed E-state index contributed by atoms with van der Waals surface area (Å²) in [6, 6.07) is 15.0. The molecule has 0 aromatic heterocycles. The summed E-state index contributed by atoms with van der Waals surface area (Å²) in [6.07, 6.45) is 0. The van der Waals surface area contributed by atoms with Crippen LogP contribution in [0, 0.1) is 0 Å². The number of nitrogens with one attached hydrogen (secondary N) is 1. The Bertz CT molecular complexity index is 584. The standard InChI is InChI=1S/C15H15BrN2O/c1-10(11-6-3-2-4-7-11)18-15(19)12-8-5-9-13(17)14(12)16/h2-10H,17H2,1H3,(H,18,19)/t10-/m0/s1. The number of benzene rings is 2. The third-order valence-corrected chi connectivity index (χ3v) is 3.81. The van der Waals surface area contributed by atoms with Gasteiger partial charge in [0, 0.05) is 5.69 Å². The topological polar surface area (TPSA) is 55.1 Å². The molecule has 0 aliphatic heterocycles. The minimum atomic E-state index is -0.143. The van der Waals surface area contributed by atoms with Crippen molar-refractivity contribution >= 4 is 27.5 Å². The van der Waals surface area contributed by atoms with Crippen LogP contribution in [0.1, 0.15) is 28.9 Å². The maximum Gasteiger partial charge on any atom is 0.252 e. The van der Waals surface area contributed by atoms with Gasteiger partial charge in [0.05, 0.1) is 16.1 Å². The van der Waals surface area contributed by atoms with Crippen molar-refractivity contribution in [1.29, 1.82) is 0 Å². The van der Waals surface area contributed by atoms with Crippen molar-refractivity contribution in [2.75, 3.05) is 5.73 Å². The van der Waals surface area contributed by atoms with Gasteiger partial charge in [0.25, 0.3) is 5.91 Å². The average molecular weight is 319 g/mol. The van der Waals surface area contributed by atoms with Gasteiger partial charge in [-0.3, -0.25) is 4.79 Å². The van der Waals surface area contributed by atoms with Crippen LogP contribution in [-0.2, 0) is 0 Å². The molecule has 0 aliphatic carbocycles. The van der Waals surface area contributed by atoms with Crippen LogP contribution in [0.5, 0.6) is 0 Å². The minimum absolute atomic E-state index is 0.0537. The van der Waals surface area contributed by atoms with Crippen molar-refractivity contribution in [3.05, 3.63) is 64.1 Å². The highest BCUT2D eigenvalue weighted by Gasteiger charge is 2.14. The van der Waals surface area contributed by atoms with Crippen molar-refractivity contribution in [2.24, 2.45) is 0 Å². The van der Waals surface area contributed by atoms with E-state index in [1.54, 1.807) is 18.2 Å². The normalized spacial score (nSPS) is 11.9. The molecule has 0 spiro atoms. The number of nitrogens with two attached hydrogens (primary N) is 1. The smallest absolute Gasteiger partial charge is 0.252 e. The lowest BCUT2D eigenvalue weighted by Gasteiger charge is -2.15. The summed E-state index contributed by atoms with van der Waals surface area (Å²) in [5.41, 5.74) is 7.94. The van der Waals surface area contributed by atoms with Crippen LogP contribution in [0.15, 0.2) is 53.0 Å². The van der Waals surface area contributed by atoms with Gasteiger partial charge >= 0.3 is 0 Å². The Hall–Kier alpha value is -1.81. The Balaban J connectivity index is 2.16. The van der Waals surface area contributed by atoms with E-state index in [1.807, 2.05) is 37.3 Å². The Labute approximate surface area is 121 Å². The molecule has 3 nitrogen and oxygen atoms in total. The van der Waals surface area contributed by atoms with E-state index < -0.39 is 0 Å². The van der Waals surface area contributed by atoms with Gasteiger partial charge in [-0.15, -0.1) is 0 Å². The molecule has 4 heteroatoms. The number of nitrogen functional groups attached to an aromatic ring is 1. The number of hydrogen-bond acceptors (Lipinski definition) is 2. The van der Waals surface area contributed by atoms with Crippen LogP contribution in [0.4, 0.5) is 5.69 Å². The predicted molar refractivity (Wildman–Crippen MR) is 80.9 cm³/mol. The highest BCUT2D eigenvalue weighted by molar-refractivity contribution is 9.10. The first-order valence-electron chi connectivity index (χ1n) is 5.99. The lowest BCUT2D eigenvalue weighted by atomic mass is 10.1. The highest BCUT2D eigenvalue weighted by atomic mass is 79.9. The third-order valence-electron chi connectivity index (χ3n) is 2.92. The molecular formula is C15H15BrN2O. The van der Waals surface area contributed by atoms with Crippen molar-refractivity contribution < 1.29 is 4.79 Å². The van der Waals surface area contributed by atoms with E-state index in [1.165, 1.54) is 0 Å². The van der Waals surface area contributed by atoms with Gasteiger partial charge in [-0.1, -0.05) is 36.4 Å².